The zero-order valence-electron chi connectivity index (χ0n) is 19.9. The molecule has 2 heterocycles. The summed E-state index contributed by atoms with van der Waals surface area (Å²) in [5.41, 5.74) is -0.454. The van der Waals surface area contributed by atoms with Crippen LogP contribution in [0.1, 0.15) is 28.5 Å². The molecule has 0 aliphatic carbocycles. The van der Waals surface area contributed by atoms with Gasteiger partial charge in [-0.3, -0.25) is 9.36 Å². The van der Waals surface area contributed by atoms with Crippen molar-refractivity contribution in [3.05, 3.63) is 58.0 Å². The summed E-state index contributed by atoms with van der Waals surface area (Å²) < 4.78 is 58.9. The number of nitrogens with zero attached hydrogens (tertiary/aromatic N) is 3. The summed E-state index contributed by atoms with van der Waals surface area (Å²) in [6, 6.07) is 7.52. The Morgan fingerprint density at radius 2 is 1.86 bits per heavy atom. The molecule has 1 atom stereocenters. The molecule has 198 valence electrons. The SMILES string of the molecule is CCP(=O)(O)Cc1ccc(Nc2ncc(C(F)(F)F)c(Nc3ccc(Br)nc3C(=O)NC)n2)c(OC)c1. The van der Waals surface area contributed by atoms with Crippen molar-refractivity contribution in [3.8, 4) is 5.75 Å². The normalized spacial score (nSPS) is 13.0. The Kier molecular flexibility index (Phi) is 8.77. The number of carbonyl (C=O) groups excluding carboxylic acids is 1. The van der Waals surface area contributed by atoms with Crippen molar-refractivity contribution in [1.82, 2.24) is 20.3 Å². The van der Waals surface area contributed by atoms with Crippen molar-refractivity contribution >= 4 is 52.3 Å². The van der Waals surface area contributed by atoms with Crippen molar-refractivity contribution in [1.29, 1.82) is 0 Å². The van der Waals surface area contributed by atoms with E-state index in [-0.39, 0.29) is 35.4 Å². The van der Waals surface area contributed by atoms with Crippen LogP contribution in [0.5, 0.6) is 5.75 Å². The van der Waals surface area contributed by atoms with Gasteiger partial charge in [-0.2, -0.15) is 18.2 Å². The summed E-state index contributed by atoms with van der Waals surface area (Å²) in [6.07, 6.45) is -4.14. The number of amides is 1. The highest BCUT2D eigenvalue weighted by Gasteiger charge is 2.36. The first kappa shape index (κ1) is 28.4. The van der Waals surface area contributed by atoms with Gasteiger partial charge in [-0.1, -0.05) is 13.0 Å². The van der Waals surface area contributed by atoms with Crippen LogP contribution < -0.4 is 20.7 Å². The molecule has 0 fully saturated rings. The van der Waals surface area contributed by atoms with E-state index in [2.05, 4.69) is 46.8 Å². The molecule has 1 aromatic carbocycles. The van der Waals surface area contributed by atoms with E-state index >= 15 is 0 Å². The zero-order valence-corrected chi connectivity index (χ0v) is 22.3. The number of pyridine rings is 1. The number of alkyl halides is 3. The Morgan fingerprint density at radius 3 is 2.49 bits per heavy atom. The summed E-state index contributed by atoms with van der Waals surface area (Å²) in [6.45, 7) is 1.61. The first-order chi connectivity index (χ1) is 17.4. The Bertz CT molecular complexity index is 1360. The monoisotopic (exact) mass is 602 g/mol. The quantitative estimate of drug-likeness (QED) is 0.190. The fraction of sp³-hybridized carbons (Fsp3) is 0.273. The Balaban J connectivity index is 1.99. The number of carbonyl (C=O) groups is 1. The number of aromatic nitrogens is 3. The molecular weight excluding hydrogens is 580 g/mol. The van der Waals surface area contributed by atoms with Crippen LogP contribution >= 0.6 is 23.3 Å². The molecule has 37 heavy (non-hydrogen) atoms. The van der Waals surface area contributed by atoms with Crippen LogP contribution in [0.4, 0.5) is 36.3 Å². The molecule has 3 rings (SSSR count). The van der Waals surface area contributed by atoms with Crippen LogP contribution in [-0.2, 0) is 16.9 Å². The molecule has 0 saturated heterocycles. The van der Waals surface area contributed by atoms with E-state index in [4.69, 9.17) is 4.74 Å². The van der Waals surface area contributed by atoms with Crippen LogP contribution in [-0.4, -0.2) is 46.1 Å². The summed E-state index contributed by atoms with van der Waals surface area (Å²) in [5.74, 6) is -1.16. The third-order valence-corrected chi connectivity index (χ3v) is 7.38. The highest BCUT2D eigenvalue weighted by Crippen LogP contribution is 2.45. The molecule has 10 nitrogen and oxygen atoms in total. The number of ether oxygens (including phenoxy) is 1. The van der Waals surface area contributed by atoms with Crippen molar-refractivity contribution < 1.29 is 32.2 Å². The molecule has 15 heteroatoms. The van der Waals surface area contributed by atoms with Gasteiger partial charge >= 0.3 is 6.18 Å². The standard InChI is InChI=1S/C22H23BrF3N6O4P/c1-4-37(34,35)11-12-5-6-14(16(9-12)36-3)30-21-28-10-13(22(24,25)26)19(32-21)29-15-7-8-17(23)31-18(15)20(33)27-2/h5-10H,4,11H2,1-3H3,(H,27,33)(H,34,35)(H2,28,29,30,32). The van der Waals surface area contributed by atoms with Crippen LogP contribution in [0.25, 0.3) is 0 Å². The van der Waals surface area contributed by atoms with Crippen molar-refractivity contribution in [2.45, 2.75) is 19.3 Å². The Labute approximate surface area is 218 Å². The number of methoxy groups -OCH3 is 1. The molecule has 0 bridgehead atoms. The van der Waals surface area contributed by atoms with E-state index in [1.165, 1.54) is 26.3 Å². The molecule has 1 amide bonds. The second kappa shape index (κ2) is 11.4. The largest absolute Gasteiger partial charge is 0.495 e. The minimum Gasteiger partial charge on any atom is -0.495 e. The lowest BCUT2D eigenvalue weighted by Gasteiger charge is -2.17. The minimum atomic E-state index is -4.80. The van der Waals surface area contributed by atoms with Gasteiger partial charge in [-0.25, -0.2) is 9.97 Å². The van der Waals surface area contributed by atoms with E-state index in [0.29, 0.717) is 22.1 Å². The van der Waals surface area contributed by atoms with Crippen molar-refractivity contribution in [2.24, 2.45) is 0 Å². The van der Waals surface area contributed by atoms with Crippen molar-refractivity contribution in [3.63, 3.8) is 0 Å². The molecule has 4 N–H and O–H groups in total. The predicted octanol–water partition coefficient (Wildman–Crippen LogP) is 5.30. The Hall–Kier alpha value is -3.22. The van der Waals surface area contributed by atoms with E-state index < -0.39 is 30.8 Å². The fourth-order valence-electron chi connectivity index (χ4n) is 3.15. The average molecular weight is 603 g/mol. The number of rotatable bonds is 9. The molecule has 0 aliphatic rings. The van der Waals surface area contributed by atoms with Gasteiger partial charge in [0.15, 0.2) is 5.69 Å². The van der Waals surface area contributed by atoms with Crippen molar-refractivity contribution in [2.75, 3.05) is 31.0 Å². The summed E-state index contributed by atoms with van der Waals surface area (Å²) >= 11 is 3.14. The number of anilines is 4. The number of nitrogens with one attached hydrogen (secondary N) is 3. The van der Waals surface area contributed by atoms with Gasteiger partial charge in [0.05, 0.1) is 18.5 Å². The maximum Gasteiger partial charge on any atom is 0.421 e. The fourth-order valence-corrected chi connectivity index (χ4v) is 4.46. The number of hydrogen-bond donors (Lipinski definition) is 4. The maximum absolute atomic E-state index is 13.7. The van der Waals surface area contributed by atoms with Crippen LogP contribution in [0, 0.1) is 0 Å². The third kappa shape index (κ3) is 7.18. The first-order valence-electron chi connectivity index (χ1n) is 10.7. The smallest absolute Gasteiger partial charge is 0.421 e. The molecule has 0 aliphatic heterocycles. The maximum atomic E-state index is 13.7. The van der Waals surface area contributed by atoms with Gasteiger partial charge in [0.1, 0.15) is 21.7 Å². The van der Waals surface area contributed by atoms with Gasteiger partial charge < -0.3 is 25.6 Å². The van der Waals surface area contributed by atoms with Crippen LogP contribution in [0.3, 0.4) is 0 Å². The van der Waals surface area contributed by atoms with Gasteiger partial charge in [0.2, 0.25) is 13.3 Å². The topological polar surface area (TPSA) is 138 Å². The lowest BCUT2D eigenvalue weighted by atomic mass is 10.2. The van der Waals surface area contributed by atoms with Gasteiger partial charge in [-0.15, -0.1) is 0 Å². The summed E-state index contributed by atoms with van der Waals surface area (Å²) in [7, 11) is -0.595. The summed E-state index contributed by atoms with van der Waals surface area (Å²) in [4.78, 5) is 33.9. The average Bonchev–Trinajstić information content (AvgIpc) is 2.84. The van der Waals surface area contributed by atoms with E-state index in [9.17, 15) is 27.4 Å². The molecule has 0 saturated carbocycles. The number of hydrogen-bond acceptors (Lipinski definition) is 8. The van der Waals surface area contributed by atoms with E-state index in [1.54, 1.807) is 25.1 Å². The molecule has 0 spiro atoms. The van der Waals surface area contributed by atoms with Crippen LogP contribution in [0.2, 0.25) is 0 Å². The molecule has 0 radical (unpaired) electrons. The van der Waals surface area contributed by atoms with E-state index in [0.717, 1.165) is 0 Å². The molecule has 2 aromatic heterocycles. The minimum absolute atomic E-state index is 0.0102. The number of halogens is 4. The lowest BCUT2D eigenvalue weighted by molar-refractivity contribution is -0.137. The lowest BCUT2D eigenvalue weighted by Crippen LogP contribution is -2.21. The highest BCUT2D eigenvalue weighted by molar-refractivity contribution is 9.10. The Morgan fingerprint density at radius 1 is 1.16 bits per heavy atom. The van der Waals surface area contributed by atoms with Crippen LogP contribution in [0.15, 0.2) is 41.1 Å². The van der Waals surface area contributed by atoms with Gasteiger partial charge in [0.25, 0.3) is 5.91 Å². The predicted molar refractivity (Wildman–Crippen MR) is 136 cm³/mol. The molecule has 3 aromatic rings. The summed E-state index contributed by atoms with van der Waals surface area (Å²) in [5, 5.41) is 7.72. The second-order valence-corrected chi connectivity index (χ2v) is 11.1. The second-order valence-electron chi connectivity index (χ2n) is 7.67. The highest BCUT2D eigenvalue weighted by atomic mass is 79.9. The van der Waals surface area contributed by atoms with Gasteiger partial charge in [0, 0.05) is 25.6 Å². The number of benzene rings is 1. The third-order valence-electron chi connectivity index (χ3n) is 5.09. The first-order valence-corrected chi connectivity index (χ1v) is 13.5. The van der Waals surface area contributed by atoms with E-state index in [1.807, 2.05) is 0 Å². The van der Waals surface area contributed by atoms with Gasteiger partial charge in [-0.05, 0) is 45.8 Å². The zero-order chi connectivity index (χ0) is 27.4. The molecule has 1 unspecified atom stereocenters. The molecular formula is C22H23BrF3N6O4P.